The van der Waals surface area contributed by atoms with Crippen LogP contribution in [-0.2, 0) is 6.61 Å². The van der Waals surface area contributed by atoms with Crippen LogP contribution in [-0.4, -0.2) is 18.3 Å². The summed E-state index contributed by atoms with van der Waals surface area (Å²) in [5.74, 6) is 1.20. The van der Waals surface area contributed by atoms with Crippen molar-refractivity contribution >= 4 is 27.3 Å². The number of aliphatic hydroxyl groups is 1. The number of methoxy groups -OCH3 is 1. The van der Waals surface area contributed by atoms with E-state index < -0.39 is 0 Å². The lowest BCUT2D eigenvalue weighted by Gasteiger charge is -2.22. The molecule has 21 heavy (non-hydrogen) atoms. The molecule has 0 aliphatic rings. The molecule has 0 aliphatic carbocycles. The van der Waals surface area contributed by atoms with E-state index in [9.17, 15) is 5.11 Å². The third-order valence-corrected chi connectivity index (χ3v) is 4.77. The van der Waals surface area contributed by atoms with Gasteiger partial charge < -0.3 is 20.3 Å². The number of nitrogens with two attached hydrogens (primary N) is 1. The summed E-state index contributed by atoms with van der Waals surface area (Å²) >= 11 is 5.04. The van der Waals surface area contributed by atoms with E-state index in [0.717, 1.165) is 14.9 Å². The van der Waals surface area contributed by atoms with Gasteiger partial charge in [0.1, 0.15) is 6.10 Å². The van der Waals surface area contributed by atoms with E-state index in [2.05, 4.69) is 15.9 Å². The highest BCUT2D eigenvalue weighted by molar-refractivity contribution is 9.10. The Labute approximate surface area is 136 Å². The molecule has 0 saturated heterocycles. The molecular weight excluding hydrogens is 354 g/mol. The van der Waals surface area contributed by atoms with Gasteiger partial charge in [-0.3, -0.25) is 0 Å². The molecule has 0 fully saturated rings. The van der Waals surface area contributed by atoms with Gasteiger partial charge in [0.2, 0.25) is 0 Å². The first-order chi connectivity index (χ1) is 10.0. The summed E-state index contributed by atoms with van der Waals surface area (Å²) < 4.78 is 12.4. The van der Waals surface area contributed by atoms with Crippen molar-refractivity contribution in [3.8, 4) is 11.5 Å². The van der Waals surface area contributed by atoms with Crippen LogP contribution in [0, 0.1) is 0 Å². The van der Waals surface area contributed by atoms with Crippen LogP contribution in [0.3, 0.4) is 0 Å². The molecule has 114 valence electrons. The van der Waals surface area contributed by atoms with Gasteiger partial charge in [-0.2, -0.15) is 0 Å². The SMILES string of the molecule is COc1cc(CO)ccc1OC(c1cc(Br)cs1)C(C)N. The third kappa shape index (κ3) is 3.97. The van der Waals surface area contributed by atoms with Crippen LogP contribution in [0.15, 0.2) is 34.1 Å². The van der Waals surface area contributed by atoms with Crippen LogP contribution in [0.5, 0.6) is 11.5 Å². The van der Waals surface area contributed by atoms with Gasteiger partial charge in [-0.15, -0.1) is 11.3 Å². The van der Waals surface area contributed by atoms with E-state index >= 15 is 0 Å². The normalized spacial score (nSPS) is 13.8. The van der Waals surface area contributed by atoms with Gasteiger partial charge in [-0.1, -0.05) is 6.07 Å². The van der Waals surface area contributed by atoms with E-state index in [-0.39, 0.29) is 18.8 Å². The molecule has 0 bridgehead atoms. The summed E-state index contributed by atoms with van der Waals surface area (Å²) in [5.41, 5.74) is 6.83. The number of rotatable bonds is 6. The number of thiophene rings is 1. The first-order valence-electron chi connectivity index (χ1n) is 6.49. The zero-order valence-electron chi connectivity index (χ0n) is 11.9. The van der Waals surface area contributed by atoms with E-state index in [4.69, 9.17) is 15.2 Å². The fraction of sp³-hybridized carbons (Fsp3) is 0.333. The van der Waals surface area contributed by atoms with Crippen LogP contribution in [0.1, 0.15) is 23.5 Å². The Bertz CT molecular complexity index is 600. The topological polar surface area (TPSA) is 64.7 Å². The molecule has 1 aromatic carbocycles. The quantitative estimate of drug-likeness (QED) is 0.815. The van der Waals surface area contributed by atoms with E-state index in [1.165, 1.54) is 0 Å². The summed E-state index contributed by atoms with van der Waals surface area (Å²) in [4.78, 5) is 1.05. The van der Waals surface area contributed by atoms with Gasteiger partial charge in [-0.25, -0.2) is 0 Å². The average molecular weight is 372 g/mol. The minimum absolute atomic E-state index is 0.0365. The van der Waals surface area contributed by atoms with Crippen molar-refractivity contribution in [1.82, 2.24) is 0 Å². The molecule has 2 rings (SSSR count). The van der Waals surface area contributed by atoms with Gasteiger partial charge in [0.15, 0.2) is 11.5 Å². The van der Waals surface area contributed by atoms with E-state index in [1.54, 1.807) is 36.6 Å². The second-order valence-electron chi connectivity index (χ2n) is 4.71. The van der Waals surface area contributed by atoms with Crippen molar-refractivity contribution in [2.75, 3.05) is 7.11 Å². The van der Waals surface area contributed by atoms with E-state index in [1.807, 2.05) is 18.4 Å². The molecule has 6 heteroatoms. The van der Waals surface area contributed by atoms with Crippen molar-refractivity contribution < 1.29 is 14.6 Å². The number of halogens is 1. The first-order valence-corrected chi connectivity index (χ1v) is 8.16. The van der Waals surface area contributed by atoms with Crippen LogP contribution in [0.2, 0.25) is 0 Å². The van der Waals surface area contributed by atoms with Crippen molar-refractivity contribution in [2.24, 2.45) is 5.73 Å². The molecule has 1 aromatic heterocycles. The second-order valence-corrected chi connectivity index (χ2v) is 6.57. The lowest BCUT2D eigenvalue weighted by atomic mass is 10.1. The number of ether oxygens (including phenoxy) is 2. The summed E-state index contributed by atoms with van der Waals surface area (Å²) in [7, 11) is 1.58. The first kappa shape index (κ1) is 16.3. The highest BCUT2D eigenvalue weighted by Crippen LogP contribution is 2.35. The van der Waals surface area contributed by atoms with E-state index in [0.29, 0.717) is 11.5 Å². The number of benzene rings is 1. The van der Waals surface area contributed by atoms with Gasteiger partial charge in [0.25, 0.3) is 0 Å². The largest absolute Gasteiger partial charge is 0.493 e. The molecular formula is C15H18BrNO3S. The summed E-state index contributed by atoms with van der Waals surface area (Å²) in [6, 6.07) is 7.20. The third-order valence-electron chi connectivity index (χ3n) is 3.01. The molecule has 0 saturated carbocycles. The smallest absolute Gasteiger partial charge is 0.162 e. The Kier molecular flexibility index (Phi) is 5.64. The maximum atomic E-state index is 9.18. The standard InChI is InChI=1S/C15H18BrNO3S/c1-9(17)15(14-6-11(16)8-21-14)20-12-4-3-10(7-18)5-13(12)19-2/h3-6,8-9,15,18H,7,17H2,1-2H3. The Morgan fingerprint density at radius 1 is 1.33 bits per heavy atom. The molecule has 0 aliphatic heterocycles. The van der Waals surface area contributed by atoms with Gasteiger partial charge in [0, 0.05) is 20.8 Å². The van der Waals surface area contributed by atoms with Crippen molar-refractivity contribution in [3.05, 3.63) is 44.6 Å². The fourth-order valence-corrected chi connectivity index (χ4v) is 3.53. The summed E-state index contributed by atoms with van der Waals surface area (Å²) in [6.07, 6.45) is -0.254. The predicted molar refractivity (Wildman–Crippen MR) is 88.0 cm³/mol. The molecule has 2 atom stereocenters. The van der Waals surface area contributed by atoms with Crippen molar-refractivity contribution in [1.29, 1.82) is 0 Å². The Morgan fingerprint density at radius 3 is 2.62 bits per heavy atom. The number of hydrogen-bond acceptors (Lipinski definition) is 5. The zero-order chi connectivity index (χ0) is 15.4. The average Bonchev–Trinajstić information content (AvgIpc) is 2.90. The molecule has 0 spiro atoms. The van der Waals surface area contributed by atoms with Crippen LogP contribution in [0.4, 0.5) is 0 Å². The minimum atomic E-state index is -0.254. The van der Waals surface area contributed by atoms with Crippen LogP contribution in [0.25, 0.3) is 0 Å². The molecule has 1 heterocycles. The molecule has 2 aromatic rings. The maximum Gasteiger partial charge on any atom is 0.162 e. The van der Waals surface area contributed by atoms with Crippen molar-refractivity contribution in [3.63, 3.8) is 0 Å². The van der Waals surface area contributed by atoms with Gasteiger partial charge in [-0.05, 0) is 46.6 Å². The van der Waals surface area contributed by atoms with Crippen molar-refractivity contribution in [2.45, 2.75) is 25.7 Å². The monoisotopic (exact) mass is 371 g/mol. The molecule has 4 nitrogen and oxygen atoms in total. The Morgan fingerprint density at radius 2 is 2.10 bits per heavy atom. The Balaban J connectivity index is 2.29. The summed E-state index contributed by atoms with van der Waals surface area (Å²) in [5, 5.41) is 11.2. The molecule has 2 unspecified atom stereocenters. The maximum absolute atomic E-state index is 9.18. The van der Waals surface area contributed by atoms with Gasteiger partial charge >= 0.3 is 0 Å². The second kappa shape index (κ2) is 7.26. The van der Waals surface area contributed by atoms with Crippen LogP contribution >= 0.6 is 27.3 Å². The highest BCUT2D eigenvalue weighted by Gasteiger charge is 2.22. The van der Waals surface area contributed by atoms with Crippen LogP contribution < -0.4 is 15.2 Å². The fourth-order valence-electron chi connectivity index (χ4n) is 1.95. The minimum Gasteiger partial charge on any atom is -0.493 e. The Hall–Kier alpha value is -1.08. The molecule has 0 radical (unpaired) electrons. The van der Waals surface area contributed by atoms with Gasteiger partial charge in [0.05, 0.1) is 13.7 Å². The number of aliphatic hydroxyl groups excluding tert-OH is 1. The lowest BCUT2D eigenvalue weighted by molar-refractivity contribution is 0.176. The zero-order valence-corrected chi connectivity index (χ0v) is 14.3. The lowest BCUT2D eigenvalue weighted by Crippen LogP contribution is -2.28. The molecule has 0 amide bonds. The molecule has 3 N–H and O–H groups in total. The predicted octanol–water partition coefficient (Wildman–Crippen LogP) is 3.48. The number of hydrogen-bond donors (Lipinski definition) is 2. The summed E-state index contributed by atoms with van der Waals surface area (Å²) in [6.45, 7) is 1.87. The highest BCUT2D eigenvalue weighted by atomic mass is 79.9.